The number of carbonyl (C=O) groups excluding carboxylic acids is 1. The number of amides is 1. The van der Waals surface area contributed by atoms with E-state index in [1.54, 1.807) is 12.2 Å². The molecule has 1 aromatic rings. The van der Waals surface area contributed by atoms with Gasteiger partial charge in [-0.2, -0.15) is 0 Å². The maximum atomic E-state index is 13.7. The molecule has 2 N–H and O–H groups in total. The molecule has 0 bridgehead atoms. The Morgan fingerprint density at radius 1 is 1.14 bits per heavy atom. The highest BCUT2D eigenvalue weighted by molar-refractivity contribution is 9.10. The van der Waals surface area contributed by atoms with Gasteiger partial charge in [-0.1, -0.05) is 28.1 Å². The average molecular weight is 360 g/mol. The van der Waals surface area contributed by atoms with Crippen LogP contribution in [0.1, 0.15) is 12.8 Å². The van der Waals surface area contributed by atoms with Crippen molar-refractivity contribution < 1.29 is 23.5 Å². The van der Waals surface area contributed by atoms with Crippen molar-refractivity contribution in [3.63, 3.8) is 0 Å². The van der Waals surface area contributed by atoms with Gasteiger partial charge in [0.05, 0.1) is 11.8 Å². The van der Waals surface area contributed by atoms with Crippen molar-refractivity contribution in [2.24, 2.45) is 11.8 Å². The van der Waals surface area contributed by atoms with Crippen molar-refractivity contribution in [1.82, 2.24) is 0 Å². The molecule has 0 radical (unpaired) electrons. The minimum atomic E-state index is -1.10. The second-order valence-electron chi connectivity index (χ2n) is 4.73. The van der Waals surface area contributed by atoms with Crippen LogP contribution in [0.4, 0.5) is 14.5 Å². The number of halogens is 3. The Hall–Kier alpha value is -1.76. The van der Waals surface area contributed by atoms with Gasteiger partial charge in [0.25, 0.3) is 0 Å². The van der Waals surface area contributed by atoms with Gasteiger partial charge in [-0.25, -0.2) is 8.78 Å². The number of carbonyl (C=O) groups is 2. The van der Waals surface area contributed by atoms with Crippen LogP contribution in [0.2, 0.25) is 0 Å². The molecule has 7 heteroatoms. The Balaban J connectivity index is 2.21. The largest absolute Gasteiger partial charge is 0.481 e. The molecule has 2 atom stereocenters. The van der Waals surface area contributed by atoms with Crippen LogP contribution in [0.5, 0.6) is 0 Å². The summed E-state index contributed by atoms with van der Waals surface area (Å²) in [7, 11) is 0. The SMILES string of the molecule is O=C(O)C1CC=CCC1C(=O)Nc1c(F)cc(Br)cc1F. The lowest BCUT2D eigenvalue weighted by molar-refractivity contribution is -0.146. The zero-order valence-corrected chi connectivity index (χ0v) is 12.4. The number of carboxylic acids is 1. The Kier molecular flexibility index (Phi) is 4.72. The van der Waals surface area contributed by atoms with E-state index >= 15 is 0 Å². The number of carboxylic acid groups (broad SMARTS) is 1. The van der Waals surface area contributed by atoms with Crippen molar-refractivity contribution in [3.05, 3.63) is 40.4 Å². The van der Waals surface area contributed by atoms with Gasteiger partial charge in [0.2, 0.25) is 5.91 Å². The Morgan fingerprint density at radius 2 is 1.67 bits per heavy atom. The van der Waals surface area contributed by atoms with E-state index in [9.17, 15) is 18.4 Å². The first-order valence-corrected chi connectivity index (χ1v) is 7.02. The van der Waals surface area contributed by atoms with Gasteiger partial charge >= 0.3 is 5.97 Å². The molecule has 21 heavy (non-hydrogen) atoms. The zero-order valence-electron chi connectivity index (χ0n) is 10.8. The molecule has 1 amide bonds. The van der Waals surface area contributed by atoms with E-state index in [2.05, 4.69) is 21.2 Å². The highest BCUT2D eigenvalue weighted by Crippen LogP contribution is 2.29. The summed E-state index contributed by atoms with van der Waals surface area (Å²) in [4.78, 5) is 23.3. The molecule has 0 heterocycles. The van der Waals surface area contributed by atoms with Crippen molar-refractivity contribution >= 4 is 33.5 Å². The lowest BCUT2D eigenvalue weighted by Crippen LogP contribution is -2.35. The Bertz CT molecular complexity index is 595. The topological polar surface area (TPSA) is 66.4 Å². The third-order valence-corrected chi connectivity index (χ3v) is 3.80. The quantitative estimate of drug-likeness (QED) is 0.813. The van der Waals surface area contributed by atoms with Gasteiger partial charge in [0.15, 0.2) is 11.6 Å². The summed E-state index contributed by atoms with van der Waals surface area (Å²) >= 11 is 2.94. The van der Waals surface area contributed by atoms with Crippen LogP contribution in [0.25, 0.3) is 0 Å². The molecule has 0 spiro atoms. The number of rotatable bonds is 3. The summed E-state index contributed by atoms with van der Waals surface area (Å²) in [5, 5.41) is 11.3. The van der Waals surface area contributed by atoms with Crippen molar-refractivity contribution in [2.45, 2.75) is 12.8 Å². The monoisotopic (exact) mass is 359 g/mol. The Labute approximate surface area is 128 Å². The van der Waals surface area contributed by atoms with E-state index in [-0.39, 0.29) is 17.3 Å². The summed E-state index contributed by atoms with van der Waals surface area (Å²) in [6.45, 7) is 0. The number of hydrogen-bond donors (Lipinski definition) is 2. The molecule has 0 saturated carbocycles. The van der Waals surface area contributed by atoms with Crippen LogP contribution in [0.15, 0.2) is 28.8 Å². The smallest absolute Gasteiger partial charge is 0.307 e. The fourth-order valence-corrected chi connectivity index (χ4v) is 2.66. The maximum Gasteiger partial charge on any atom is 0.307 e. The molecule has 0 fully saturated rings. The molecular formula is C14H12BrF2NO3. The van der Waals surface area contributed by atoms with E-state index in [4.69, 9.17) is 5.11 Å². The summed E-state index contributed by atoms with van der Waals surface area (Å²) in [5.41, 5.74) is -0.568. The van der Waals surface area contributed by atoms with Crippen LogP contribution in [0.3, 0.4) is 0 Å². The predicted octanol–water partition coefficient (Wildman–Crippen LogP) is 3.33. The van der Waals surface area contributed by atoms with E-state index in [0.717, 1.165) is 12.1 Å². The molecule has 0 aromatic heterocycles. The molecule has 2 rings (SSSR count). The summed E-state index contributed by atoms with van der Waals surface area (Å²) < 4.78 is 27.6. The van der Waals surface area contributed by atoms with Gasteiger partial charge in [0.1, 0.15) is 5.69 Å². The molecule has 1 aliphatic carbocycles. The van der Waals surface area contributed by atoms with Crippen LogP contribution < -0.4 is 5.32 Å². The standard InChI is InChI=1S/C14H12BrF2NO3/c15-7-5-10(16)12(11(17)6-7)18-13(19)8-3-1-2-4-9(8)14(20)21/h1-2,5-6,8-9H,3-4H2,(H,18,19)(H,20,21). The van der Waals surface area contributed by atoms with Gasteiger partial charge in [0, 0.05) is 4.47 Å². The molecule has 0 aliphatic heterocycles. The number of benzene rings is 1. The number of aliphatic carboxylic acids is 1. The van der Waals surface area contributed by atoms with Crippen LogP contribution in [-0.4, -0.2) is 17.0 Å². The van der Waals surface area contributed by atoms with E-state index < -0.39 is 41.0 Å². The molecule has 1 aliphatic rings. The number of nitrogens with one attached hydrogen (secondary N) is 1. The number of allylic oxidation sites excluding steroid dienone is 2. The highest BCUT2D eigenvalue weighted by Gasteiger charge is 2.34. The second-order valence-corrected chi connectivity index (χ2v) is 5.64. The van der Waals surface area contributed by atoms with E-state index in [0.29, 0.717) is 0 Å². The van der Waals surface area contributed by atoms with Crippen molar-refractivity contribution in [1.29, 1.82) is 0 Å². The molecule has 4 nitrogen and oxygen atoms in total. The number of anilines is 1. The first-order chi connectivity index (χ1) is 9.90. The minimum Gasteiger partial charge on any atom is -0.481 e. The Morgan fingerprint density at radius 3 is 2.19 bits per heavy atom. The fourth-order valence-electron chi connectivity index (χ4n) is 2.25. The molecule has 0 saturated heterocycles. The summed E-state index contributed by atoms with van der Waals surface area (Å²) in [6.07, 6.45) is 3.82. The maximum absolute atomic E-state index is 13.7. The van der Waals surface area contributed by atoms with E-state index in [1.807, 2.05) is 0 Å². The second kappa shape index (κ2) is 6.34. The van der Waals surface area contributed by atoms with Crippen LogP contribution in [0, 0.1) is 23.5 Å². The summed E-state index contributed by atoms with van der Waals surface area (Å²) in [5.74, 6) is -5.39. The van der Waals surface area contributed by atoms with Crippen LogP contribution in [-0.2, 0) is 9.59 Å². The van der Waals surface area contributed by atoms with E-state index in [1.165, 1.54) is 0 Å². The van der Waals surface area contributed by atoms with Gasteiger partial charge in [-0.3, -0.25) is 9.59 Å². The zero-order chi connectivity index (χ0) is 15.6. The minimum absolute atomic E-state index is 0.208. The van der Waals surface area contributed by atoms with Crippen molar-refractivity contribution in [2.75, 3.05) is 5.32 Å². The first-order valence-electron chi connectivity index (χ1n) is 6.23. The molecule has 1 aromatic carbocycles. The van der Waals surface area contributed by atoms with Gasteiger partial charge < -0.3 is 10.4 Å². The molecule has 2 unspecified atom stereocenters. The summed E-state index contributed by atoms with van der Waals surface area (Å²) in [6, 6.07) is 2.04. The third-order valence-electron chi connectivity index (χ3n) is 3.34. The lowest BCUT2D eigenvalue weighted by Gasteiger charge is -2.24. The fraction of sp³-hybridized carbons (Fsp3) is 0.286. The normalized spacial score (nSPS) is 21.1. The average Bonchev–Trinajstić information content (AvgIpc) is 2.42. The third kappa shape index (κ3) is 3.47. The van der Waals surface area contributed by atoms with Gasteiger partial charge in [-0.15, -0.1) is 0 Å². The van der Waals surface area contributed by atoms with Crippen molar-refractivity contribution in [3.8, 4) is 0 Å². The van der Waals surface area contributed by atoms with Gasteiger partial charge in [-0.05, 0) is 25.0 Å². The highest BCUT2D eigenvalue weighted by atomic mass is 79.9. The molecule has 112 valence electrons. The molecular weight excluding hydrogens is 348 g/mol. The first kappa shape index (κ1) is 15.6. The predicted molar refractivity (Wildman–Crippen MR) is 75.7 cm³/mol. The lowest BCUT2D eigenvalue weighted by atomic mass is 9.82. The number of hydrogen-bond acceptors (Lipinski definition) is 2. The van der Waals surface area contributed by atoms with Crippen LogP contribution >= 0.6 is 15.9 Å².